The van der Waals surface area contributed by atoms with Crippen molar-refractivity contribution >= 4 is 0 Å². The van der Waals surface area contributed by atoms with Crippen molar-refractivity contribution in [1.82, 2.24) is 10.2 Å². The van der Waals surface area contributed by atoms with Gasteiger partial charge >= 0.3 is 0 Å². The van der Waals surface area contributed by atoms with Crippen LogP contribution in [0.1, 0.15) is 31.1 Å². The summed E-state index contributed by atoms with van der Waals surface area (Å²) in [4.78, 5) is 2.45. The summed E-state index contributed by atoms with van der Waals surface area (Å²) >= 11 is 0. The predicted octanol–water partition coefficient (Wildman–Crippen LogP) is 2.25. The highest BCUT2D eigenvalue weighted by atomic mass is 16.5. The number of hydrogen-bond acceptors (Lipinski definition) is 4. The van der Waals surface area contributed by atoms with E-state index in [0.717, 1.165) is 45.1 Å². The monoisotopic (exact) mass is 266 g/mol. The van der Waals surface area contributed by atoms with Crippen LogP contribution in [0.4, 0.5) is 0 Å². The molecule has 1 aliphatic heterocycles. The number of furan rings is 1. The van der Waals surface area contributed by atoms with Gasteiger partial charge < -0.3 is 14.5 Å². The third kappa shape index (κ3) is 4.64. The van der Waals surface area contributed by atoms with Gasteiger partial charge in [-0.2, -0.15) is 0 Å². The molecule has 1 atom stereocenters. The Morgan fingerprint density at radius 1 is 1.53 bits per heavy atom. The van der Waals surface area contributed by atoms with Gasteiger partial charge in [-0.3, -0.25) is 4.90 Å². The van der Waals surface area contributed by atoms with Crippen molar-refractivity contribution in [2.45, 2.75) is 32.9 Å². The molecule has 0 bridgehead atoms. The summed E-state index contributed by atoms with van der Waals surface area (Å²) in [6.45, 7) is 8.22. The van der Waals surface area contributed by atoms with E-state index in [2.05, 4.69) is 23.2 Å². The van der Waals surface area contributed by atoms with Gasteiger partial charge in [-0.05, 0) is 37.9 Å². The average Bonchev–Trinajstić information content (AvgIpc) is 3.01. The highest BCUT2D eigenvalue weighted by molar-refractivity contribution is 5.12. The van der Waals surface area contributed by atoms with E-state index in [1.807, 2.05) is 6.26 Å². The molecule has 1 saturated heterocycles. The fraction of sp³-hybridized carbons (Fsp3) is 0.733. The molecule has 1 unspecified atom stereocenters. The SMILES string of the molecule is CCCNCc1coc(CN2CCC(COC)C2)c1. The Bertz CT molecular complexity index is 365. The molecule has 1 N–H and O–H groups in total. The number of methoxy groups -OCH3 is 1. The standard InChI is InChI=1S/C15H26N2O2/c1-3-5-16-8-14-7-15(19-12-14)10-17-6-4-13(9-17)11-18-2/h7,12-13,16H,3-6,8-11H2,1-2H3. The maximum Gasteiger partial charge on any atom is 0.118 e. The minimum atomic E-state index is 0.686. The zero-order chi connectivity index (χ0) is 13.5. The molecular formula is C15H26N2O2. The Kier molecular flexibility index (Phi) is 5.89. The summed E-state index contributed by atoms with van der Waals surface area (Å²) in [7, 11) is 1.78. The molecule has 0 spiro atoms. The number of rotatable bonds is 8. The van der Waals surface area contributed by atoms with Gasteiger partial charge in [0.25, 0.3) is 0 Å². The number of ether oxygens (including phenoxy) is 1. The van der Waals surface area contributed by atoms with E-state index < -0.39 is 0 Å². The molecule has 0 aromatic carbocycles. The van der Waals surface area contributed by atoms with Crippen LogP contribution in [-0.4, -0.2) is 38.3 Å². The molecule has 2 rings (SSSR count). The number of hydrogen-bond donors (Lipinski definition) is 1. The van der Waals surface area contributed by atoms with Gasteiger partial charge in [-0.15, -0.1) is 0 Å². The van der Waals surface area contributed by atoms with Crippen LogP contribution in [0.2, 0.25) is 0 Å². The second-order valence-corrected chi connectivity index (χ2v) is 5.44. The Balaban J connectivity index is 1.74. The Labute approximate surface area is 116 Å². The van der Waals surface area contributed by atoms with Gasteiger partial charge in [0, 0.05) is 25.8 Å². The first-order chi connectivity index (χ1) is 9.31. The highest BCUT2D eigenvalue weighted by Gasteiger charge is 2.22. The molecule has 108 valence electrons. The van der Waals surface area contributed by atoms with Gasteiger partial charge in [-0.25, -0.2) is 0 Å². The zero-order valence-electron chi connectivity index (χ0n) is 12.2. The summed E-state index contributed by atoms with van der Waals surface area (Å²) in [6.07, 6.45) is 4.28. The Morgan fingerprint density at radius 3 is 3.21 bits per heavy atom. The van der Waals surface area contributed by atoms with Crippen molar-refractivity contribution in [3.63, 3.8) is 0 Å². The van der Waals surface area contributed by atoms with E-state index >= 15 is 0 Å². The normalized spacial score (nSPS) is 20.2. The molecule has 4 nitrogen and oxygen atoms in total. The first-order valence-electron chi connectivity index (χ1n) is 7.30. The smallest absolute Gasteiger partial charge is 0.118 e. The second kappa shape index (κ2) is 7.68. The molecule has 2 heterocycles. The number of nitrogens with zero attached hydrogens (tertiary/aromatic N) is 1. The minimum Gasteiger partial charge on any atom is -0.468 e. The van der Waals surface area contributed by atoms with E-state index in [1.54, 1.807) is 7.11 Å². The van der Waals surface area contributed by atoms with Crippen LogP contribution >= 0.6 is 0 Å². The Morgan fingerprint density at radius 2 is 2.42 bits per heavy atom. The molecule has 1 aromatic rings. The van der Waals surface area contributed by atoms with Crippen LogP contribution < -0.4 is 5.32 Å². The van der Waals surface area contributed by atoms with Gasteiger partial charge in [-0.1, -0.05) is 6.92 Å². The maximum atomic E-state index is 5.64. The van der Waals surface area contributed by atoms with E-state index in [9.17, 15) is 0 Å². The zero-order valence-corrected chi connectivity index (χ0v) is 12.2. The van der Waals surface area contributed by atoms with Gasteiger partial charge in [0.15, 0.2) is 0 Å². The summed E-state index contributed by atoms with van der Waals surface area (Å²) in [5, 5.41) is 3.39. The fourth-order valence-electron chi connectivity index (χ4n) is 2.66. The van der Waals surface area contributed by atoms with Crippen molar-refractivity contribution in [2.24, 2.45) is 5.92 Å². The van der Waals surface area contributed by atoms with Crippen molar-refractivity contribution in [3.05, 3.63) is 23.7 Å². The lowest BCUT2D eigenvalue weighted by Crippen LogP contribution is -2.21. The highest BCUT2D eigenvalue weighted by Crippen LogP contribution is 2.19. The third-order valence-electron chi connectivity index (χ3n) is 3.62. The van der Waals surface area contributed by atoms with Crippen molar-refractivity contribution in [3.8, 4) is 0 Å². The van der Waals surface area contributed by atoms with Crippen molar-refractivity contribution in [2.75, 3.05) is 33.4 Å². The lowest BCUT2D eigenvalue weighted by molar-refractivity contribution is 0.151. The molecule has 0 radical (unpaired) electrons. The molecule has 4 heteroatoms. The molecule has 0 amide bonds. The van der Waals surface area contributed by atoms with Crippen LogP contribution in [0.5, 0.6) is 0 Å². The van der Waals surface area contributed by atoms with Gasteiger partial charge in [0.05, 0.1) is 19.4 Å². The van der Waals surface area contributed by atoms with Crippen LogP contribution in [-0.2, 0) is 17.8 Å². The summed E-state index contributed by atoms with van der Waals surface area (Å²) in [5.41, 5.74) is 1.25. The molecule has 1 aliphatic rings. The summed E-state index contributed by atoms with van der Waals surface area (Å²) < 4.78 is 10.9. The van der Waals surface area contributed by atoms with Crippen LogP contribution in [0.25, 0.3) is 0 Å². The maximum absolute atomic E-state index is 5.64. The lowest BCUT2D eigenvalue weighted by atomic mass is 10.1. The van der Waals surface area contributed by atoms with Crippen molar-refractivity contribution < 1.29 is 9.15 Å². The molecule has 0 saturated carbocycles. The predicted molar refractivity (Wildman–Crippen MR) is 76.0 cm³/mol. The van der Waals surface area contributed by atoms with Crippen LogP contribution in [0.15, 0.2) is 16.7 Å². The molecule has 1 fully saturated rings. The number of likely N-dealkylation sites (tertiary alicyclic amines) is 1. The third-order valence-corrected chi connectivity index (χ3v) is 3.62. The lowest BCUT2D eigenvalue weighted by Gasteiger charge is -2.13. The van der Waals surface area contributed by atoms with Gasteiger partial charge in [0.2, 0.25) is 0 Å². The summed E-state index contributed by atoms with van der Waals surface area (Å²) in [5.74, 6) is 1.76. The first kappa shape index (κ1) is 14.6. The topological polar surface area (TPSA) is 37.6 Å². The van der Waals surface area contributed by atoms with Gasteiger partial charge in [0.1, 0.15) is 5.76 Å². The van der Waals surface area contributed by atoms with E-state index in [0.29, 0.717) is 5.92 Å². The molecule has 19 heavy (non-hydrogen) atoms. The first-order valence-corrected chi connectivity index (χ1v) is 7.30. The molecular weight excluding hydrogens is 240 g/mol. The van der Waals surface area contributed by atoms with E-state index in [4.69, 9.17) is 9.15 Å². The van der Waals surface area contributed by atoms with E-state index in [-0.39, 0.29) is 0 Å². The summed E-state index contributed by atoms with van der Waals surface area (Å²) in [6, 6.07) is 2.17. The van der Waals surface area contributed by atoms with Crippen LogP contribution in [0.3, 0.4) is 0 Å². The van der Waals surface area contributed by atoms with E-state index in [1.165, 1.54) is 18.4 Å². The number of nitrogens with one attached hydrogen (secondary N) is 1. The Hall–Kier alpha value is -0.840. The second-order valence-electron chi connectivity index (χ2n) is 5.44. The van der Waals surface area contributed by atoms with Crippen molar-refractivity contribution in [1.29, 1.82) is 0 Å². The quantitative estimate of drug-likeness (QED) is 0.732. The fourth-order valence-corrected chi connectivity index (χ4v) is 2.66. The molecule has 1 aromatic heterocycles. The minimum absolute atomic E-state index is 0.686. The average molecular weight is 266 g/mol. The molecule has 0 aliphatic carbocycles. The van der Waals surface area contributed by atoms with Crippen LogP contribution in [0, 0.1) is 5.92 Å². The largest absolute Gasteiger partial charge is 0.468 e.